The summed E-state index contributed by atoms with van der Waals surface area (Å²) in [7, 11) is 3.17. The van der Waals surface area contributed by atoms with E-state index in [-0.39, 0.29) is 11.5 Å². The summed E-state index contributed by atoms with van der Waals surface area (Å²) in [5.41, 5.74) is 2.83. The molecule has 192 valence electrons. The highest BCUT2D eigenvalue weighted by molar-refractivity contribution is 9.10. The number of carbonyl (C=O) groups is 1. The molecule has 3 aromatic carbocycles. The van der Waals surface area contributed by atoms with Gasteiger partial charge in [0.2, 0.25) is 0 Å². The van der Waals surface area contributed by atoms with Gasteiger partial charge in [0.15, 0.2) is 4.80 Å². The third-order valence-corrected chi connectivity index (χ3v) is 7.66. The molecule has 1 N–H and O–H groups in total. The van der Waals surface area contributed by atoms with E-state index in [2.05, 4.69) is 21.2 Å². The first kappa shape index (κ1) is 25.7. The van der Waals surface area contributed by atoms with Crippen molar-refractivity contribution in [2.45, 2.75) is 13.0 Å². The lowest BCUT2D eigenvalue weighted by atomic mass is 9.95. The van der Waals surface area contributed by atoms with Crippen LogP contribution in [0.2, 0.25) is 0 Å². The van der Waals surface area contributed by atoms with Crippen molar-refractivity contribution in [3.8, 4) is 11.5 Å². The van der Waals surface area contributed by atoms with Crippen LogP contribution in [0.4, 0.5) is 5.69 Å². The molecular formula is C29H24BrN3O4S. The van der Waals surface area contributed by atoms with E-state index in [4.69, 9.17) is 14.5 Å². The zero-order chi connectivity index (χ0) is 26.8. The molecule has 1 aliphatic heterocycles. The Hall–Kier alpha value is -3.95. The van der Waals surface area contributed by atoms with Gasteiger partial charge in [-0.05, 0) is 61.0 Å². The maximum atomic E-state index is 13.9. The molecule has 0 unspecified atom stereocenters. The summed E-state index contributed by atoms with van der Waals surface area (Å²) in [5, 5.41) is 2.96. The SMILES string of the molecule is COc1cccc([C@H]2C(C(=O)Nc3ccccc3)=C(C)N=c3s/c(=C\c4cc(Br)ccc4OC)c(=O)n32)c1. The minimum atomic E-state index is -0.698. The standard InChI is InChI=1S/C29H24BrN3O4S/c1-17-25(27(34)32-21-9-5-4-6-10-21)26(18-8-7-11-22(15-18)36-2)33-28(35)24(38-29(33)31-17)16-19-14-20(30)12-13-23(19)37-3/h4-16,26H,1-3H3,(H,32,34)/b24-16-/t26-/m0/s1. The third kappa shape index (κ3) is 4.94. The van der Waals surface area contributed by atoms with Gasteiger partial charge in [0.05, 0.1) is 36.1 Å². The first-order chi connectivity index (χ1) is 18.4. The number of aromatic nitrogens is 1. The number of para-hydroxylation sites is 1. The monoisotopic (exact) mass is 589 g/mol. The van der Waals surface area contributed by atoms with Crippen molar-refractivity contribution < 1.29 is 14.3 Å². The summed E-state index contributed by atoms with van der Waals surface area (Å²) < 4.78 is 13.9. The predicted octanol–water partition coefficient (Wildman–Crippen LogP) is 4.65. The average Bonchev–Trinajstić information content (AvgIpc) is 3.22. The lowest BCUT2D eigenvalue weighted by molar-refractivity contribution is -0.113. The van der Waals surface area contributed by atoms with Crippen LogP contribution in [0.25, 0.3) is 6.08 Å². The largest absolute Gasteiger partial charge is 0.497 e. The first-order valence-electron chi connectivity index (χ1n) is 11.8. The number of anilines is 1. The number of ether oxygens (including phenoxy) is 2. The van der Waals surface area contributed by atoms with Crippen LogP contribution in [-0.2, 0) is 4.79 Å². The molecule has 0 bridgehead atoms. The molecule has 0 fully saturated rings. The quantitative estimate of drug-likeness (QED) is 0.355. The molecule has 1 aliphatic rings. The van der Waals surface area contributed by atoms with E-state index in [1.807, 2.05) is 72.8 Å². The maximum absolute atomic E-state index is 13.9. The number of hydrogen-bond donors (Lipinski definition) is 1. The lowest BCUT2D eigenvalue weighted by Gasteiger charge is -2.25. The number of nitrogens with zero attached hydrogens (tertiary/aromatic N) is 2. The number of halogens is 1. The van der Waals surface area contributed by atoms with E-state index >= 15 is 0 Å². The average molecular weight is 590 g/mol. The molecule has 0 aliphatic carbocycles. The smallest absolute Gasteiger partial charge is 0.271 e. The number of hydrogen-bond acceptors (Lipinski definition) is 6. The highest BCUT2D eigenvalue weighted by Crippen LogP contribution is 2.32. The van der Waals surface area contributed by atoms with Crippen LogP contribution in [0.15, 0.2) is 98.3 Å². The second kappa shape index (κ2) is 10.8. The Morgan fingerprint density at radius 3 is 2.58 bits per heavy atom. The van der Waals surface area contributed by atoms with E-state index in [9.17, 15) is 9.59 Å². The molecule has 0 spiro atoms. The number of nitrogens with one attached hydrogen (secondary N) is 1. The third-order valence-electron chi connectivity index (χ3n) is 6.19. The minimum absolute atomic E-state index is 0.249. The number of rotatable bonds is 6. The molecule has 7 nitrogen and oxygen atoms in total. The van der Waals surface area contributed by atoms with Gasteiger partial charge in [0.25, 0.3) is 11.5 Å². The Labute approximate surface area is 231 Å². The van der Waals surface area contributed by atoms with Crippen LogP contribution < -0.4 is 29.7 Å². The topological polar surface area (TPSA) is 81.9 Å². The highest BCUT2D eigenvalue weighted by Gasteiger charge is 2.32. The molecule has 4 aromatic rings. The van der Waals surface area contributed by atoms with Crippen LogP contribution in [0.5, 0.6) is 11.5 Å². The van der Waals surface area contributed by atoms with Crippen molar-refractivity contribution in [2.24, 2.45) is 4.99 Å². The van der Waals surface area contributed by atoms with Gasteiger partial charge in [-0.3, -0.25) is 14.2 Å². The summed E-state index contributed by atoms with van der Waals surface area (Å²) in [6.07, 6.45) is 1.79. The van der Waals surface area contributed by atoms with Crippen molar-refractivity contribution in [1.82, 2.24) is 4.57 Å². The number of allylic oxidation sites excluding steroid dienone is 1. The molecule has 1 aromatic heterocycles. The second-order valence-corrected chi connectivity index (χ2v) is 10.5. The molecule has 1 atom stereocenters. The summed E-state index contributed by atoms with van der Waals surface area (Å²) >= 11 is 4.76. The van der Waals surface area contributed by atoms with Gasteiger partial charge >= 0.3 is 0 Å². The minimum Gasteiger partial charge on any atom is -0.497 e. The van der Waals surface area contributed by atoms with Gasteiger partial charge in [0.1, 0.15) is 11.5 Å². The lowest BCUT2D eigenvalue weighted by Crippen LogP contribution is -2.40. The number of amides is 1. The fourth-order valence-electron chi connectivity index (χ4n) is 4.42. The van der Waals surface area contributed by atoms with Gasteiger partial charge in [-0.15, -0.1) is 0 Å². The van der Waals surface area contributed by atoms with Crippen molar-refractivity contribution >= 4 is 44.9 Å². The van der Waals surface area contributed by atoms with Crippen LogP contribution in [0.1, 0.15) is 24.1 Å². The van der Waals surface area contributed by atoms with Crippen molar-refractivity contribution in [3.05, 3.63) is 119 Å². The molecule has 38 heavy (non-hydrogen) atoms. The molecule has 5 rings (SSSR count). The van der Waals surface area contributed by atoms with Gasteiger partial charge in [-0.2, -0.15) is 0 Å². The number of thiazole rings is 1. The summed E-state index contributed by atoms with van der Waals surface area (Å²) in [6, 6.07) is 21.5. The molecular weight excluding hydrogens is 566 g/mol. The first-order valence-corrected chi connectivity index (χ1v) is 13.4. The Morgan fingerprint density at radius 1 is 1.05 bits per heavy atom. The van der Waals surface area contributed by atoms with E-state index < -0.39 is 6.04 Å². The number of carbonyl (C=O) groups excluding carboxylic acids is 1. The van der Waals surface area contributed by atoms with Gasteiger partial charge in [-0.1, -0.05) is 57.6 Å². The van der Waals surface area contributed by atoms with Crippen LogP contribution >= 0.6 is 27.3 Å². The normalized spacial score (nSPS) is 15.1. The fraction of sp³-hybridized carbons (Fsp3) is 0.138. The fourth-order valence-corrected chi connectivity index (χ4v) is 5.83. The zero-order valence-electron chi connectivity index (χ0n) is 20.9. The highest BCUT2D eigenvalue weighted by atomic mass is 79.9. The van der Waals surface area contributed by atoms with Crippen molar-refractivity contribution in [3.63, 3.8) is 0 Å². The predicted molar refractivity (Wildman–Crippen MR) is 153 cm³/mol. The van der Waals surface area contributed by atoms with Crippen molar-refractivity contribution in [1.29, 1.82) is 0 Å². The molecule has 0 radical (unpaired) electrons. The van der Waals surface area contributed by atoms with Crippen molar-refractivity contribution in [2.75, 3.05) is 19.5 Å². The molecule has 2 heterocycles. The number of benzene rings is 3. The van der Waals surface area contributed by atoms with Gasteiger partial charge in [-0.25, -0.2) is 4.99 Å². The van der Waals surface area contributed by atoms with Crippen LogP contribution in [0.3, 0.4) is 0 Å². The van der Waals surface area contributed by atoms with E-state index in [1.54, 1.807) is 31.8 Å². The zero-order valence-corrected chi connectivity index (χ0v) is 23.3. The Balaban J connectivity index is 1.71. The van der Waals surface area contributed by atoms with Crippen LogP contribution in [0, 0.1) is 0 Å². The Morgan fingerprint density at radius 2 is 1.84 bits per heavy atom. The summed E-state index contributed by atoms with van der Waals surface area (Å²) in [6.45, 7) is 1.79. The second-order valence-electron chi connectivity index (χ2n) is 8.56. The summed E-state index contributed by atoms with van der Waals surface area (Å²) in [4.78, 5) is 32.8. The molecule has 9 heteroatoms. The molecule has 1 amide bonds. The van der Waals surface area contributed by atoms with E-state index in [0.717, 1.165) is 15.6 Å². The van der Waals surface area contributed by atoms with Crippen LogP contribution in [-0.4, -0.2) is 24.7 Å². The van der Waals surface area contributed by atoms with Gasteiger partial charge < -0.3 is 14.8 Å². The van der Waals surface area contributed by atoms with E-state index in [0.29, 0.717) is 37.8 Å². The number of methoxy groups -OCH3 is 2. The molecule has 0 saturated heterocycles. The number of fused-ring (bicyclic) bond motifs is 1. The van der Waals surface area contributed by atoms with Gasteiger partial charge in [0, 0.05) is 15.7 Å². The Bertz CT molecular complexity index is 1740. The maximum Gasteiger partial charge on any atom is 0.271 e. The van der Waals surface area contributed by atoms with E-state index in [1.165, 1.54) is 11.3 Å². The summed E-state index contributed by atoms with van der Waals surface area (Å²) in [5.74, 6) is 0.941. The molecule has 0 saturated carbocycles. The Kier molecular flexibility index (Phi) is 7.31.